The normalized spacial score (nSPS) is 13.5. The lowest BCUT2D eigenvalue weighted by molar-refractivity contribution is -0.162. The quantitative estimate of drug-likeness (QED) is 0.216. The van der Waals surface area contributed by atoms with Gasteiger partial charge in [0.05, 0.1) is 32.0 Å². The van der Waals surface area contributed by atoms with Crippen LogP contribution in [-0.2, 0) is 19.9 Å². The molecule has 2 aromatic rings. The van der Waals surface area contributed by atoms with Crippen molar-refractivity contribution in [1.82, 2.24) is 4.72 Å². The zero-order valence-corrected chi connectivity index (χ0v) is 21.5. The summed E-state index contributed by atoms with van der Waals surface area (Å²) in [5.74, 6) is -2.77. The average molecular weight is 579 g/mol. The predicted molar refractivity (Wildman–Crippen MR) is 126 cm³/mol. The molecule has 0 heterocycles. The largest absolute Gasteiger partial charge is 0.491 e. The maximum Gasteiger partial charge on any atom is 0.211 e. The summed E-state index contributed by atoms with van der Waals surface area (Å²) in [6.07, 6.45) is -0.161. The molecule has 0 aliphatic carbocycles. The van der Waals surface area contributed by atoms with E-state index in [4.69, 9.17) is 44.3 Å². The van der Waals surface area contributed by atoms with Crippen LogP contribution < -0.4 is 14.2 Å². The number of sulfone groups is 1. The molecule has 0 unspecified atom stereocenters. The highest BCUT2D eigenvalue weighted by atomic mass is 35.5. The Morgan fingerprint density at radius 2 is 1.56 bits per heavy atom. The average Bonchev–Trinajstić information content (AvgIpc) is 2.75. The first-order valence-corrected chi connectivity index (χ1v) is 14.0. The molecule has 10 nitrogen and oxygen atoms in total. The summed E-state index contributed by atoms with van der Waals surface area (Å²) in [4.78, 5) is -0.339. The minimum Gasteiger partial charge on any atom is -0.491 e. The van der Waals surface area contributed by atoms with Crippen molar-refractivity contribution in [3.8, 4) is 11.5 Å². The lowest BCUT2D eigenvalue weighted by Crippen LogP contribution is -2.37. The van der Waals surface area contributed by atoms with Crippen LogP contribution in [0.25, 0.3) is 0 Å². The van der Waals surface area contributed by atoms with Crippen LogP contribution in [0.15, 0.2) is 46.2 Å². The molecule has 0 aliphatic heterocycles. The predicted octanol–water partition coefficient (Wildman–Crippen LogP) is 1.41. The number of sulfonamides is 1. The van der Waals surface area contributed by atoms with Crippen molar-refractivity contribution in [2.45, 2.75) is 21.7 Å². The molecule has 2 aromatic carbocycles. The second-order valence-electron chi connectivity index (χ2n) is 7.18. The van der Waals surface area contributed by atoms with Gasteiger partial charge in [0.25, 0.3) is 0 Å². The third kappa shape index (κ3) is 8.40. The first-order chi connectivity index (χ1) is 15.6. The second kappa shape index (κ2) is 11.6. The van der Waals surface area contributed by atoms with Gasteiger partial charge in [-0.1, -0.05) is 23.2 Å². The molecule has 4 N–H and O–H groups in total. The maximum absolute atomic E-state index is 13.0. The number of aliphatic hydroxyl groups is 3. The van der Waals surface area contributed by atoms with E-state index in [0.29, 0.717) is 0 Å². The number of halogens is 3. The molecule has 0 amide bonds. The number of hydrogen-bond acceptors (Lipinski definition) is 9. The first kappa shape index (κ1) is 28.9. The van der Waals surface area contributed by atoms with Gasteiger partial charge in [-0.15, -0.1) is 11.6 Å². The summed E-state index contributed by atoms with van der Waals surface area (Å²) < 4.78 is 60.7. The van der Waals surface area contributed by atoms with Crippen molar-refractivity contribution in [2.24, 2.45) is 0 Å². The number of hydrogen-bond donors (Lipinski definition) is 4. The van der Waals surface area contributed by atoms with Gasteiger partial charge >= 0.3 is 0 Å². The van der Waals surface area contributed by atoms with Gasteiger partial charge in [0.1, 0.15) is 25.1 Å². The fourth-order valence-corrected chi connectivity index (χ4v) is 5.02. The monoisotopic (exact) mass is 577 g/mol. The van der Waals surface area contributed by atoms with Gasteiger partial charge in [-0.3, -0.25) is 0 Å². The standard InChI is InChI=1S/C19H22Cl3NO9S2/c1-33(27,28)23-8-12(24)9-31-13-2-4-14(5-3-13)34(29,30)15-6-16(21)18(17(22)7-15)32-11-19(25,26)10-20/h2-7,12,23-26H,8-11H2,1H3/t12-/m1/s1. The molecule has 0 saturated carbocycles. The molecule has 0 fully saturated rings. The summed E-state index contributed by atoms with van der Waals surface area (Å²) >= 11 is 17.6. The van der Waals surface area contributed by atoms with Crippen LogP contribution in [0, 0.1) is 0 Å². The minimum absolute atomic E-state index is 0.105. The highest BCUT2D eigenvalue weighted by Gasteiger charge is 2.26. The van der Waals surface area contributed by atoms with E-state index in [1.165, 1.54) is 24.3 Å². The molecular weight excluding hydrogens is 557 g/mol. The number of aliphatic hydroxyl groups excluding tert-OH is 1. The van der Waals surface area contributed by atoms with Crippen LogP contribution in [0.4, 0.5) is 0 Å². The Morgan fingerprint density at radius 3 is 2.06 bits per heavy atom. The zero-order valence-electron chi connectivity index (χ0n) is 17.6. The second-order valence-corrected chi connectivity index (χ2v) is 12.0. The molecule has 190 valence electrons. The third-order valence-electron chi connectivity index (χ3n) is 4.10. The van der Waals surface area contributed by atoms with Crippen molar-refractivity contribution in [3.05, 3.63) is 46.4 Å². The molecule has 34 heavy (non-hydrogen) atoms. The van der Waals surface area contributed by atoms with Crippen LogP contribution >= 0.6 is 34.8 Å². The first-order valence-electron chi connectivity index (χ1n) is 9.38. The number of nitrogens with one attached hydrogen (secondary N) is 1. The molecule has 0 saturated heterocycles. The Hall–Kier alpha value is -1.35. The minimum atomic E-state index is -4.05. The molecule has 0 spiro atoms. The highest BCUT2D eigenvalue weighted by molar-refractivity contribution is 7.91. The van der Waals surface area contributed by atoms with Crippen molar-refractivity contribution >= 4 is 54.7 Å². The summed E-state index contributed by atoms with van der Waals surface area (Å²) in [7, 11) is -7.50. The summed E-state index contributed by atoms with van der Waals surface area (Å²) in [5, 5.41) is 28.4. The number of rotatable bonds is 12. The van der Waals surface area contributed by atoms with E-state index in [2.05, 4.69) is 4.72 Å². The Labute approximate surface area is 211 Å². The molecule has 1 atom stereocenters. The van der Waals surface area contributed by atoms with Crippen molar-refractivity contribution in [2.75, 3.05) is 31.9 Å². The van der Waals surface area contributed by atoms with Gasteiger partial charge in [-0.25, -0.2) is 21.6 Å². The van der Waals surface area contributed by atoms with E-state index in [9.17, 15) is 32.2 Å². The van der Waals surface area contributed by atoms with E-state index in [0.717, 1.165) is 18.4 Å². The molecular formula is C19H22Cl3NO9S2. The fourth-order valence-electron chi connectivity index (χ4n) is 2.41. The van der Waals surface area contributed by atoms with Gasteiger partial charge < -0.3 is 24.8 Å². The smallest absolute Gasteiger partial charge is 0.211 e. The summed E-state index contributed by atoms with van der Waals surface area (Å²) in [6.45, 7) is -1.12. The van der Waals surface area contributed by atoms with Crippen LogP contribution in [-0.4, -0.2) is 75.9 Å². The van der Waals surface area contributed by atoms with E-state index in [1.54, 1.807) is 0 Å². The Balaban J connectivity index is 2.12. The molecule has 15 heteroatoms. The summed E-state index contributed by atoms with van der Waals surface area (Å²) in [5.41, 5.74) is 0. The van der Waals surface area contributed by atoms with Crippen LogP contribution in [0.3, 0.4) is 0 Å². The van der Waals surface area contributed by atoms with E-state index < -0.39 is 44.2 Å². The highest BCUT2D eigenvalue weighted by Crippen LogP contribution is 2.37. The SMILES string of the molecule is CS(=O)(=O)NC[C@@H](O)COc1ccc(S(=O)(=O)c2cc(Cl)c(OCC(O)(O)CCl)c(Cl)c2)cc1. The van der Waals surface area contributed by atoms with E-state index in [-0.39, 0.29) is 44.5 Å². The van der Waals surface area contributed by atoms with Crippen LogP contribution in [0.2, 0.25) is 10.0 Å². The Kier molecular flexibility index (Phi) is 9.85. The summed E-state index contributed by atoms with van der Waals surface area (Å²) in [6, 6.07) is 7.46. The fraction of sp³-hybridized carbons (Fsp3) is 0.368. The lowest BCUT2D eigenvalue weighted by atomic mass is 10.3. The molecule has 0 bridgehead atoms. The molecule has 2 rings (SSSR count). The third-order valence-corrected chi connectivity index (χ3v) is 7.53. The molecule has 0 aliphatic rings. The van der Waals surface area contributed by atoms with Crippen molar-refractivity contribution in [1.29, 1.82) is 0 Å². The van der Waals surface area contributed by atoms with Crippen molar-refractivity contribution in [3.63, 3.8) is 0 Å². The maximum atomic E-state index is 13.0. The Bertz CT molecular complexity index is 1180. The van der Waals surface area contributed by atoms with Gasteiger partial charge in [0.2, 0.25) is 25.6 Å². The van der Waals surface area contributed by atoms with Crippen LogP contribution in [0.5, 0.6) is 11.5 Å². The van der Waals surface area contributed by atoms with Gasteiger partial charge in [0.15, 0.2) is 5.75 Å². The number of ether oxygens (including phenoxy) is 2. The van der Waals surface area contributed by atoms with E-state index in [1.807, 2.05) is 0 Å². The van der Waals surface area contributed by atoms with E-state index >= 15 is 0 Å². The van der Waals surface area contributed by atoms with Crippen molar-refractivity contribution < 1.29 is 41.6 Å². The topological polar surface area (TPSA) is 159 Å². The van der Waals surface area contributed by atoms with Gasteiger partial charge in [-0.2, -0.15) is 0 Å². The molecule has 0 radical (unpaired) electrons. The number of alkyl halides is 1. The van der Waals surface area contributed by atoms with Gasteiger partial charge in [-0.05, 0) is 36.4 Å². The van der Waals surface area contributed by atoms with Gasteiger partial charge in [0, 0.05) is 6.54 Å². The molecule has 0 aromatic heterocycles. The number of benzene rings is 2. The lowest BCUT2D eigenvalue weighted by Gasteiger charge is -2.20. The zero-order chi connectivity index (χ0) is 25.7. The Morgan fingerprint density at radius 1 is 1.00 bits per heavy atom. The van der Waals surface area contributed by atoms with Crippen LogP contribution in [0.1, 0.15) is 0 Å².